The average molecular weight is 516 g/mol. The molecule has 1 aliphatic rings. The molecule has 30 heavy (non-hydrogen) atoms. The number of amides is 2. The molecule has 1 atom stereocenters. The zero-order valence-corrected chi connectivity index (χ0v) is 19.6. The molecule has 2 aromatic carbocycles. The van der Waals surface area contributed by atoms with Crippen LogP contribution in [0.25, 0.3) is 0 Å². The number of esters is 1. The molecule has 0 aromatic heterocycles. The highest BCUT2D eigenvalue weighted by Gasteiger charge is 2.50. The molecule has 1 saturated heterocycles. The Morgan fingerprint density at radius 3 is 2.37 bits per heavy atom. The largest absolute Gasteiger partial charge is 0.494 e. The van der Waals surface area contributed by atoms with Crippen molar-refractivity contribution < 1.29 is 19.1 Å². The van der Waals surface area contributed by atoms with Gasteiger partial charge in [-0.25, -0.2) is 9.59 Å². The third kappa shape index (κ3) is 4.53. The van der Waals surface area contributed by atoms with Crippen molar-refractivity contribution in [3.63, 3.8) is 0 Å². The van der Waals surface area contributed by atoms with Gasteiger partial charge in [0, 0.05) is 23.1 Å². The summed E-state index contributed by atoms with van der Waals surface area (Å²) in [6.45, 7) is 0.426. The van der Waals surface area contributed by atoms with E-state index in [1.807, 2.05) is 24.3 Å². The van der Waals surface area contributed by atoms with Gasteiger partial charge >= 0.3 is 12.0 Å². The molecule has 0 bridgehead atoms. The molecule has 1 aliphatic heterocycles. The van der Waals surface area contributed by atoms with Crippen molar-refractivity contribution >= 4 is 56.8 Å². The first-order valence-electron chi connectivity index (χ1n) is 9.25. The monoisotopic (exact) mass is 514 g/mol. The Kier molecular flexibility index (Phi) is 7.16. The van der Waals surface area contributed by atoms with E-state index in [-0.39, 0.29) is 10.0 Å². The summed E-state index contributed by atoms with van der Waals surface area (Å²) in [7, 11) is 2.80. The molecule has 1 fully saturated rings. The minimum absolute atomic E-state index is 0.274. The van der Waals surface area contributed by atoms with Crippen LogP contribution in [0, 0.1) is 0 Å². The fourth-order valence-electron chi connectivity index (χ4n) is 3.79. The quantitative estimate of drug-likeness (QED) is 0.530. The molecular formula is C21H21BrCl2N2O4. The number of hydrogen-bond acceptors (Lipinski definition) is 4. The van der Waals surface area contributed by atoms with E-state index >= 15 is 0 Å². The molecule has 1 unspecified atom stereocenters. The summed E-state index contributed by atoms with van der Waals surface area (Å²) >= 11 is 15.8. The predicted octanol–water partition coefficient (Wildman–Crippen LogP) is 5.55. The maximum Gasteiger partial charge on any atom is 0.332 e. The van der Waals surface area contributed by atoms with Crippen LogP contribution < -0.4 is 10.1 Å². The van der Waals surface area contributed by atoms with Crippen LogP contribution in [0.2, 0.25) is 10.0 Å². The van der Waals surface area contributed by atoms with Gasteiger partial charge in [-0.3, -0.25) is 0 Å². The van der Waals surface area contributed by atoms with Gasteiger partial charge in [0.15, 0.2) is 5.75 Å². The number of methoxy groups -OCH3 is 2. The van der Waals surface area contributed by atoms with E-state index in [0.29, 0.717) is 37.2 Å². The van der Waals surface area contributed by atoms with E-state index in [1.54, 1.807) is 12.1 Å². The molecule has 160 valence electrons. The molecule has 2 amide bonds. The van der Waals surface area contributed by atoms with Crippen molar-refractivity contribution in [3.8, 4) is 5.75 Å². The molecule has 0 aliphatic carbocycles. The lowest BCUT2D eigenvalue weighted by Crippen LogP contribution is -2.56. The molecule has 0 saturated carbocycles. The molecule has 6 nitrogen and oxygen atoms in total. The number of halogens is 3. The number of rotatable bonds is 5. The van der Waals surface area contributed by atoms with Crippen LogP contribution in [0.1, 0.15) is 18.4 Å². The number of benzene rings is 2. The molecule has 1 N–H and O–H groups in total. The number of carbonyl (C=O) groups is 2. The van der Waals surface area contributed by atoms with E-state index in [0.717, 1.165) is 10.0 Å². The van der Waals surface area contributed by atoms with Gasteiger partial charge in [-0.2, -0.15) is 0 Å². The number of anilines is 1. The molecule has 0 radical (unpaired) electrons. The number of likely N-dealkylation sites (tertiary alicyclic amines) is 1. The Bertz CT molecular complexity index is 932. The van der Waals surface area contributed by atoms with Crippen molar-refractivity contribution in [3.05, 3.63) is 56.5 Å². The van der Waals surface area contributed by atoms with Crippen molar-refractivity contribution in [2.75, 3.05) is 26.1 Å². The summed E-state index contributed by atoms with van der Waals surface area (Å²) in [4.78, 5) is 27.5. The fraction of sp³-hybridized carbons (Fsp3) is 0.333. The van der Waals surface area contributed by atoms with E-state index in [2.05, 4.69) is 21.2 Å². The van der Waals surface area contributed by atoms with Gasteiger partial charge in [-0.1, -0.05) is 51.3 Å². The second kappa shape index (κ2) is 9.45. The fourth-order valence-corrected chi connectivity index (χ4v) is 4.70. The zero-order chi connectivity index (χ0) is 21.9. The van der Waals surface area contributed by atoms with Crippen LogP contribution in [0.3, 0.4) is 0 Å². The second-order valence-corrected chi connectivity index (χ2v) is 8.71. The van der Waals surface area contributed by atoms with Crippen molar-refractivity contribution in [2.45, 2.75) is 24.8 Å². The van der Waals surface area contributed by atoms with Gasteiger partial charge in [0.25, 0.3) is 0 Å². The summed E-state index contributed by atoms with van der Waals surface area (Å²) in [5.41, 5.74) is 0.246. The van der Waals surface area contributed by atoms with Crippen molar-refractivity contribution in [2.24, 2.45) is 0 Å². The van der Waals surface area contributed by atoms with Crippen LogP contribution in [-0.2, 0) is 16.0 Å². The lowest BCUT2D eigenvalue weighted by atomic mass is 9.88. The number of nitrogens with zero attached hydrogens (tertiary/aromatic N) is 1. The first-order valence-corrected chi connectivity index (χ1v) is 10.8. The lowest BCUT2D eigenvalue weighted by Gasteiger charge is -2.36. The summed E-state index contributed by atoms with van der Waals surface area (Å²) in [5.74, 6) is -0.111. The van der Waals surface area contributed by atoms with Crippen LogP contribution in [0.4, 0.5) is 10.5 Å². The standard InChI is InChI=1S/C21H21BrCl2N2O4/c1-29-18-16(23)10-15(11-17(18)24)25-20(28)26-9-3-8-21(26,19(27)30-2)12-13-4-6-14(22)7-5-13/h4-7,10-11H,3,8-9,12H2,1-2H3,(H,25,28). The maximum absolute atomic E-state index is 13.2. The van der Waals surface area contributed by atoms with Gasteiger partial charge in [0.1, 0.15) is 5.54 Å². The SMILES string of the molecule is COC(=O)C1(Cc2ccc(Br)cc2)CCCN1C(=O)Nc1cc(Cl)c(OC)c(Cl)c1. The Labute approximate surface area is 193 Å². The van der Waals surface area contributed by atoms with Crippen LogP contribution >= 0.6 is 39.1 Å². The highest BCUT2D eigenvalue weighted by molar-refractivity contribution is 9.10. The topological polar surface area (TPSA) is 67.9 Å². The minimum Gasteiger partial charge on any atom is -0.494 e. The highest BCUT2D eigenvalue weighted by atomic mass is 79.9. The first kappa shape index (κ1) is 22.7. The zero-order valence-electron chi connectivity index (χ0n) is 16.5. The molecular weight excluding hydrogens is 495 g/mol. The average Bonchev–Trinajstić information content (AvgIpc) is 3.13. The summed E-state index contributed by atoms with van der Waals surface area (Å²) < 4.78 is 11.2. The lowest BCUT2D eigenvalue weighted by molar-refractivity contribution is -0.151. The Morgan fingerprint density at radius 1 is 1.17 bits per heavy atom. The van der Waals surface area contributed by atoms with E-state index < -0.39 is 17.5 Å². The number of carbonyl (C=O) groups excluding carboxylic acids is 2. The second-order valence-electron chi connectivity index (χ2n) is 6.98. The van der Waals surface area contributed by atoms with E-state index in [4.69, 9.17) is 32.7 Å². The molecule has 3 rings (SSSR count). The normalized spacial score (nSPS) is 18.2. The molecule has 9 heteroatoms. The third-order valence-electron chi connectivity index (χ3n) is 5.16. The summed E-state index contributed by atoms with van der Waals surface area (Å²) in [6.07, 6.45) is 1.54. The number of ether oxygens (including phenoxy) is 2. The number of hydrogen-bond donors (Lipinski definition) is 1. The van der Waals surface area contributed by atoms with Crippen LogP contribution in [0.5, 0.6) is 5.75 Å². The minimum atomic E-state index is -1.09. The number of nitrogens with one attached hydrogen (secondary N) is 1. The molecule has 1 heterocycles. The first-order chi connectivity index (χ1) is 14.3. The van der Waals surface area contributed by atoms with Gasteiger partial charge in [-0.15, -0.1) is 0 Å². The Hall–Kier alpha value is -1.96. The van der Waals surface area contributed by atoms with Crippen LogP contribution in [-0.4, -0.2) is 43.2 Å². The summed E-state index contributed by atoms with van der Waals surface area (Å²) in [6, 6.07) is 10.3. The van der Waals surface area contributed by atoms with Gasteiger partial charge in [-0.05, 0) is 42.7 Å². The van der Waals surface area contributed by atoms with Gasteiger partial charge < -0.3 is 19.7 Å². The maximum atomic E-state index is 13.2. The van der Waals surface area contributed by atoms with Crippen LogP contribution in [0.15, 0.2) is 40.9 Å². The molecule has 0 spiro atoms. The van der Waals surface area contributed by atoms with Gasteiger partial charge in [0.2, 0.25) is 0 Å². The molecule has 2 aromatic rings. The summed E-state index contributed by atoms with van der Waals surface area (Å²) in [5, 5.41) is 3.34. The van der Waals surface area contributed by atoms with Gasteiger partial charge in [0.05, 0.1) is 24.3 Å². The number of urea groups is 1. The smallest absolute Gasteiger partial charge is 0.332 e. The van der Waals surface area contributed by atoms with Crippen molar-refractivity contribution in [1.29, 1.82) is 0 Å². The Morgan fingerprint density at radius 2 is 1.80 bits per heavy atom. The third-order valence-corrected chi connectivity index (χ3v) is 6.25. The highest BCUT2D eigenvalue weighted by Crippen LogP contribution is 2.38. The van der Waals surface area contributed by atoms with E-state index in [1.165, 1.54) is 19.1 Å². The predicted molar refractivity (Wildman–Crippen MR) is 121 cm³/mol. The van der Waals surface area contributed by atoms with Crippen molar-refractivity contribution in [1.82, 2.24) is 4.90 Å². The van der Waals surface area contributed by atoms with E-state index in [9.17, 15) is 9.59 Å². The Balaban J connectivity index is 1.89.